The SMILES string of the molecule is CN(C)C(=O)CN=C(NCCN1CCCCC1)NC1CCCC1.I. The van der Waals surface area contributed by atoms with Crippen molar-refractivity contribution in [3.63, 3.8) is 0 Å². The Morgan fingerprint density at radius 3 is 2.42 bits per heavy atom. The number of likely N-dealkylation sites (N-methyl/N-ethyl adjacent to an activating group) is 1. The molecule has 0 bridgehead atoms. The van der Waals surface area contributed by atoms with Gasteiger partial charge in [0.15, 0.2) is 5.96 Å². The Morgan fingerprint density at radius 1 is 1.12 bits per heavy atom. The number of rotatable bonds is 6. The number of hydrogen-bond donors (Lipinski definition) is 2. The predicted molar refractivity (Wildman–Crippen MR) is 110 cm³/mol. The topological polar surface area (TPSA) is 60.0 Å². The molecular weight excluding hydrogens is 417 g/mol. The highest BCUT2D eigenvalue weighted by Gasteiger charge is 2.17. The van der Waals surface area contributed by atoms with Gasteiger partial charge in [0.25, 0.3) is 0 Å². The van der Waals surface area contributed by atoms with Crippen molar-refractivity contribution >= 4 is 35.8 Å². The van der Waals surface area contributed by atoms with Gasteiger partial charge in [-0.3, -0.25) is 4.79 Å². The van der Waals surface area contributed by atoms with E-state index >= 15 is 0 Å². The van der Waals surface area contributed by atoms with E-state index in [4.69, 9.17) is 0 Å². The molecule has 0 atom stereocenters. The van der Waals surface area contributed by atoms with E-state index < -0.39 is 0 Å². The molecule has 2 fully saturated rings. The minimum Gasteiger partial charge on any atom is -0.355 e. The average Bonchev–Trinajstić information content (AvgIpc) is 3.06. The molecule has 1 saturated heterocycles. The lowest BCUT2D eigenvalue weighted by molar-refractivity contribution is -0.127. The van der Waals surface area contributed by atoms with E-state index in [1.807, 2.05) is 0 Å². The first-order chi connectivity index (χ1) is 11.1. The van der Waals surface area contributed by atoms with Gasteiger partial charge >= 0.3 is 0 Å². The van der Waals surface area contributed by atoms with Gasteiger partial charge < -0.3 is 20.4 Å². The van der Waals surface area contributed by atoms with Crippen LogP contribution in [-0.4, -0.2) is 74.5 Å². The van der Waals surface area contributed by atoms with Gasteiger partial charge in [0.1, 0.15) is 6.54 Å². The molecule has 6 nitrogen and oxygen atoms in total. The molecule has 1 saturated carbocycles. The average molecular weight is 451 g/mol. The summed E-state index contributed by atoms with van der Waals surface area (Å²) in [7, 11) is 3.54. The third kappa shape index (κ3) is 8.00. The fourth-order valence-electron chi connectivity index (χ4n) is 3.22. The molecule has 24 heavy (non-hydrogen) atoms. The van der Waals surface area contributed by atoms with Crippen molar-refractivity contribution in [2.24, 2.45) is 4.99 Å². The number of piperidine rings is 1. The minimum atomic E-state index is 0. The fraction of sp³-hybridized carbons (Fsp3) is 0.882. The summed E-state index contributed by atoms with van der Waals surface area (Å²) in [5.41, 5.74) is 0. The smallest absolute Gasteiger partial charge is 0.243 e. The minimum absolute atomic E-state index is 0. The van der Waals surface area contributed by atoms with Crippen molar-refractivity contribution in [3.05, 3.63) is 0 Å². The van der Waals surface area contributed by atoms with Crippen LogP contribution < -0.4 is 10.6 Å². The molecule has 140 valence electrons. The van der Waals surface area contributed by atoms with Gasteiger partial charge in [0, 0.05) is 33.2 Å². The number of guanidine groups is 1. The molecule has 1 heterocycles. The molecule has 1 amide bonds. The summed E-state index contributed by atoms with van der Waals surface area (Å²) >= 11 is 0. The number of nitrogens with one attached hydrogen (secondary N) is 2. The lowest BCUT2D eigenvalue weighted by Crippen LogP contribution is -2.46. The van der Waals surface area contributed by atoms with Crippen molar-refractivity contribution in [2.45, 2.75) is 51.0 Å². The summed E-state index contributed by atoms with van der Waals surface area (Å²) in [6.45, 7) is 4.56. The fourth-order valence-corrected chi connectivity index (χ4v) is 3.22. The summed E-state index contributed by atoms with van der Waals surface area (Å²) in [5, 5.41) is 6.91. The third-order valence-electron chi connectivity index (χ3n) is 4.74. The van der Waals surface area contributed by atoms with Crippen molar-refractivity contribution in [3.8, 4) is 0 Å². The summed E-state index contributed by atoms with van der Waals surface area (Å²) in [6, 6.07) is 0.505. The number of likely N-dealkylation sites (tertiary alicyclic amines) is 1. The van der Waals surface area contributed by atoms with E-state index in [-0.39, 0.29) is 36.4 Å². The first-order valence-electron chi connectivity index (χ1n) is 9.12. The van der Waals surface area contributed by atoms with Crippen LogP contribution in [-0.2, 0) is 4.79 Å². The first-order valence-corrected chi connectivity index (χ1v) is 9.12. The number of aliphatic imine (C=N–C) groups is 1. The Bertz CT molecular complexity index is 390. The summed E-state index contributed by atoms with van der Waals surface area (Å²) < 4.78 is 0. The van der Waals surface area contributed by atoms with E-state index in [1.165, 1.54) is 58.0 Å². The van der Waals surface area contributed by atoms with Crippen molar-refractivity contribution < 1.29 is 4.79 Å². The van der Waals surface area contributed by atoms with Crippen LogP contribution in [0.2, 0.25) is 0 Å². The van der Waals surface area contributed by atoms with Crippen LogP contribution in [0.5, 0.6) is 0 Å². The number of hydrogen-bond acceptors (Lipinski definition) is 3. The van der Waals surface area contributed by atoms with Gasteiger partial charge in [-0.2, -0.15) is 0 Å². The summed E-state index contributed by atoms with van der Waals surface area (Å²) in [5.74, 6) is 0.831. The van der Waals surface area contributed by atoms with Gasteiger partial charge in [0.2, 0.25) is 5.91 Å². The maximum atomic E-state index is 11.8. The summed E-state index contributed by atoms with van der Waals surface area (Å²) in [4.78, 5) is 20.3. The maximum absolute atomic E-state index is 11.8. The molecule has 2 aliphatic rings. The van der Waals surface area contributed by atoms with Crippen LogP contribution in [0.4, 0.5) is 0 Å². The highest BCUT2D eigenvalue weighted by Crippen LogP contribution is 2.17. The molecule has 7 heteroatoms. The van der Waals surface area contributed by atoms with E-state index in [9.17, 15) is 4.79 Å². The number of carbonyl (C=O) groups excluding carboxylic acids is 1. The lowest BCUT2D eigenvalue weighted by atomic mass is 10.1. The molecule has 1 aliphatic heterocycles. The van der Waals surface area contributed by atoms with Crippen molar-refractivity contribution in [1.29, 1.82) is 0 Å². The van der Waals surface area contributed by atoms with Crippen molar-refractivity contribution in [1.82, 2.24) is 20.4 Å². The predicted octanol–water partition coefficient (Wildman–Crippen LogP) is 1.66. The molecule has 0 spiro atoms. The number of carbonyl (C=O) groups is 1. The van der Waals surface area contributed by atoms with E-state index in [0.717, 1.165) is 19.0 Å². The second-order valence-corrected chi connectivity index (χ2v) is 6.91. The standard InChI is InChI=1S/C17H33N5O.HI/c1-21(2)16(23)14-19-17(20-15-8-4-5-9-15)18-10-13-22-11-6-3-7-12-22;/h15H,3-14H2,1-2H3,(H2,18,19,20);1H. The highest BCUT2D eigenvalue weighted by atomic mass is 127. The Balaban J connectivity index is 0.00000288. The molecule has 0 unspecified atom stereocenters. The molecule has 0 aromatic rings. The zero-order valence-electron chi connectivity index (χ0n) is 15.2. The molecule has 2 N–H and O–H groups in total. The van der Waals surface area contributed by atoms with E-state index in [2.05, 4.69) is 20.5 Å². The number of amides is 1. The Kier molecular flexibility index (Phi) is 10.6. The van der Waals surface area contributed by atoms with Crippen LogP contribution in [0.1, 0.15) is 44.9 Å². The second kappa shape index (κ2) is 11.9. The molecule has 2 rings (SSSR count). The van der Waals surface area contributed by atoms with Crippen molar-refractivity contribution in [2.75, 3.05) is 46.8 Å². The zero-order valence-corrected chi connectivity index (χ0v) is 17.6. The Morgan fingerprint density at radius 2 is 1.79 bits per heavy atom. The molecule has 0 aromatic heterocycles. The third-order valence-corrected chi connectivity index (χ3v) is 4.74. The second-order valence-electron chi connectivity index (χ2n) is 6.91. The molecule has 0 aromatic carbocycles. The Hall–Kier alpha value is -0.570. The maximum Gasteiger partial charge on any atom is 0.243 e. The molecule has 1 aliphatic carbocycles. The summed E-state index contributed by atoms with van der Waals surface area (Å²) in [6.07, 6.45) is 8.98. The lowest BCUT2D eigenvalue weighted by Gasteiger charge is -2.27. The van der Waals surface area contributed by atoms with E-state index in [1.54, 1.807) is 19.0 Å². The van der Waals surface area contributed by atoms with Crippen LogP contribution >= 0.6 is 24.0 Å². The van der Waals surface area contributed by atoms with Gasteiger partial charge in [-0.05, 0) is 38.8 Å². The first kappa shape index (κ1) is 21.5. The number of nitrogens with zero attached hydrogens (tertiary/aromatic N) is 3. The van der Waals surface area contributed by atoms with Crippen LogP contribution in [0, 0.1) is 0 Å². The van der Waals surface area contributed by atoms with Crippen LogP contribution in [0.15, 0.2) is 4.99 Å². The molecule has 0 radical (unpaired) electrons. The van der Waals surface area contributed by atoms with Gasteiger partial charge in [-0.15, -0.1) is 24.0 Å². The molecular formula is C17H34IN5O. The van der Waals surface area contributed by atoms with Gasteiger partial charge in [-0.25, -0.2) is 4.99 Å². The van der Waals surface area contributed by atoms with Crippen LogP contribution in [0.25, 0.3) is 0 Å². The monoisotopic (exact) mass is 451 g/mol. The quantitative estimate of drug-likeness (QED) is 0.367. The van der Waals surface area contributed by atoms with Gasteiger partial charge in [0.05, 0.1) is 0 Å². The van der Waals surface area contributed by atoms with Crippen LogP contribution in [0.3, 0.4) is 0 Å². The highest BCUT2D eigenvalue weighted by molar-refractivity contribution is 14.0. The number of halogens is 1. The Labute approximate surface area is 163 Å². The van der Waals surface area contributed by atoms with Gasteiger partial charge in [-0.1, -0.05) is 19.3 Å². The van der Waals surface area contributed by atoms with E-state index in [0.29, 0.717) is 6.04 Å². The zero-order chi connectivity index (χ0) is 16.5. The largest absolute Gasteiger partial charge is 0.355 e. The normalized spacial score (nSPS) is 19.7.